The third-order valence-electron chi connectivity index (χ3n) is 2.65. The molecule has 0 radical (unpaired) electrons. The van der Waals surface area contributed by atoms with Crippen molar-refractivity contribution < 1.29 is 9.13 Å². The van der Waals surface area contributed by atoms with Crippen molar-refractivity contribution in [3.8, 4) is 11.5 Å². The molecule has 2 nitrogen and oxygen atoms in total. The van der Waals surface area contributed by atoms with Crippen LogP contribution >= 0.6 is 11.6 Å². The number of ether oxygens (including phenoxy) is 1. The van der Waals surface area contributed by atoms with Crippen molar-refractivity contribution in [1.82, 2.24) is 5.32 Å². The summed E-state index contributed by atoms with van der Waals surface area (Å²) in [4.78, 5) is 0. The number of hydrogen-bond acceptors (Lipinski definition) is 2. The van der Waals surface area contributed by atoms with Gasteiger partial charge in [0.05, 0.1) is 5.02 Å². The van der Waals surface area contributed by atoms with Gasteiger partial charge in [0.25, 0.3) is 0 Å². The summed E-state index contributed by atoms with van der Waals surface area (Å²) in [6.07, 6.45) is 0. The van der Waals surface area contributed by atoms with Crippen molar-refractivity contribution in [2.75, 3.05) is 6.54 Å². The first-order valence-corrected chi connectivity index (χ1v) is 6.50. The Hall–Kier alpha value is -1.58. The fraction of sp³-hybridized carbons (Fsp3) is 0.200. The van der Waals surface area contributed by atoms with Crippen LogP contribution in [0.4, 0.5) is 4.39 Å². The maximum Gasteiger partial charge on any atom is 0.146 e. The van der Waals surface area contributed by atoms with Gasteiger partial charge in [0.15, 0.2) is 0 Å². The number of halogens is 2. The first-order valence-electron chi connectivity index (χ1n) is 6.12. The van der Waals surface area contributed by atoms with Gasteiger partial charge in [0, 0.05) is 12.1 Å². The molecule has 0 fully saturated rings. The van der Waals surface area contributed by atoms with Gasteiger partial charge < -0.3 is 10.1 Å². The van der Waals surface area contributed by atoms with Crippen LogP contribution in [0.2, 0.25) is 5.02 Å². The van der Waals surface area contributed by atoms with Gasteiger partial charge in [-0.1, -0.05) is 36.7 Å². The Bertz CT molecular complexity index is 560. The molecule has 0 amide bonds. The predicted molar refractivity (Wildman–Crippen MR) is 75.3 cm³/mol. The highest BCUT2D eigenvalue weighted by Crippen LogP contribution is 2.31. The molecule has 0 spiro atoms. The standard InChI is InChI=1S/C15H15ClFNO/c1-2-18-10-11-5-3-4-6-14(11)19-15-8-7-12(17)9-13(15)16/h3-9,18H,2,10H2,1H3. The largest absolute Gasteiger partial charge is 0.455 e. The molecule has 0 aliphatic heterocycles. The van der Waals surface area contributed by atoms with Crippen LogP contribution in [0.5, 0.6) is 11.5 Å². The zero-order chi connectivity index (χ0) is 13.7. The zero-order valence-corrected chi connectivity index (χ0v) is 11.4. The molecule has 0 atom stereocenters. The van der Waals surface area contributed by atoms with Crippen LogP contribution in [0.25, 0.3) is 0 Å². The highest BCUT2D eigenvalue weighted by molar-refractivity contribution is 6.32. The Morgan fingerprint density at radius 3 is 2.68 bits per heavy atom. The van der Waals surface area contributed by atoms with E-state index >= 15 is 0 Å². The lowest BCUT2D eigenvalue weighted by Gasteiger charge is -2.12. The number of para-hydroxylation sites is 1. The molecule has 0 heterocycles. The van der Waals surface area contributed by atoms with Crippen molar-refractivity contribution in [2.45, 2.75) is 13.5 Å². The number of hydrogen-bond donors (Lipinski definition) is 1. The minimum Gasteiger partial charge on any atom is -0.455 e. The number of nitrogens with one attached hydrogen (secondary N) is 1. The van der Waals surface area contributed by atoms with E-state index in [4.69, 9.17) is 16.3 Å². The lowest BCUT2D eigenvalue weighted by Crippen LogP contribution is -2.12. The third kappa shape index (κ3) is 3.69. The van der Waals surface area contributed by atoms with Crippen LogP contribution in [0.15, 0.2) is 42.5 Å². The second-order valence-corrected chi connectivity index (χ2v) is 4.47. The molecule has 0 aliphatic rings. The van der Waals surface area contributed by atoms with Gasteiger partial charge in [0.1, 0.15) is 17.3 Å². The van der Waals surface area contributed by atoms with Gasteiger partial charge in [-0.15, -0.1) is 0 Å². The topological polar surface area (TPSA) is 21.3 Å². The van der Waals surface area contributed by atoms with E-state index < -0.39 is 0 Å². The van der Waals surface area contributed by atoms with Crippen LogP contribution in [-0.2, 0) is 6.54 Å². The molecule has 100 valence electrons. The lowest BCUT2D eigenvalue weighted by atomic mass is 10.2. The molecule has 4 heteroatoms. The van der Waals surface area contributed by atoms with Crippen LogP contribution in [-0.4, -0.2) is 6.54 Å². The van der Waals surface area contributed by atoms with E-state index in [2.05, 4.69) is 5.32 Å². The predicted octanol–water partition coefficient (Wildman–Crippen LogP) is 4.38. The average molecular weight is 280 g/mol. The van der Waals surface area contributed by atoms with Crippen LogP contribution in [0.3, 0.4) is 0 Å². The number of rotatable bonds is 5. The SMILES string of the molecule is CCNCc1ccccc1Oc1ccc(F)cc1Cl. The van der Waals surface area contributed by atoms with E-state index in [1.807, 2.05) is 31.2 Å². The summed E-state index contributed by atoms with van der Waals surface area (Å²) < 4.78 is 18.7. The average Bonchev–Trinajstić information content (AvgIpc) is 2.41. The maximum atomic E-state index is 13.0. The summed E-state index contributed by atoms with van der Waals surface area (Å²) in [5, 5.41) is 3.50. The quantitative estimate of drug-likeness (QED) is 0.877. The van der Waals surface area contributed by atoms with Gasteiger partial charge in [-0.05, 0) is 30.8 Å². The van der Waals surface area contributed by atoms with Crippen molar-refractivity contribution in [3.05, 3.63) is 58.9 Å². The van der Waals surface area contributed by atoms with Crippen LogP contribution in [0.1, 0.15) is 12.5 Å². The molecule has 0 bridgehead atoms. The van der Waals surface area contributed by atoms with Gasteiger partial charge in [-0.3, -0.25) is 0 Å². The first kappa shape index (κ1) is 13.8. The van der Waals surface area contributed by atoms with E-state index in [1.165, 1.54) is 18.2 Å². The molecule has 2 rings (SSSR count). The summed E-state index contributed by atoms with van der Waals surface area (Å²) in [5.74, 6) is 0.794. The third-order valence-corrected chi connectivity index (χ3v) is 2.95. The molecule has 19 heavy (non-hydrogen) atoms. The Labute approximate surface area is 117 Å². The molecular formula is C15H15ClFNO. The van der Waals surface area contributed by atoms with Crippen molar-refractivity contribution in [3.63, 3.8) is 0 Å². The minimum atomic E-state index is -0.377. The van der Waals surface area contributed by atoms with Gasteiger partial charge in [-0.25, -0.2) is 4.39 Å². The molecule has 2 aromatic rings. The van der Waals surface area contributed by atoms with Crippen molar-refractivity contribution in [1.29, 1.82) is 0 Å². The summed E-state index contributed by atoms with van der Waals surface area (Å²) >= 11 is 5.96. The molecule has 0 unspecified atom stereocenters. The van der Waals surface area contributed by atoms with E-state index in [0.717, 1.165) is 17.9 Å². The second kappa shape index (κ2) is 6.55. The fourth-order valence-corrected chi connectivity index (χ4v) is 1.89. The Morgan fingerprint density at radius 1 is 1.16 bits per heavy atom. The fourth-order valence-electron chi connectivity index (χ4n) is 1.69. The van der Waals surface area contributed by atoms with E-state index in [0.29, 0.717) is 12.3 Å². The smallest absolute Gasteiger partial charge is 0.146 e. The molecule has 0 aromatic heterocycles. The van der Waals surface area contributed by atoms with E-state index in [1.54, 1.807) is 0 Å². The van der Waals surface area contributed by atoms with Crippen molar-refractivity contribution in [2.24, 2.45) is 0 Å². The van der Waals surface area contributed by atoms with E-state index in [-0.39, 0.29) is 10.8 Å². The monoisotopic (exact) mass is 279 g/mol. The lowest BCUT2D eigenvalue weighted by molar-refractivity contribution is 0.471. The first-order chi connectivity index (χ1) is 9.20. The minimum absolute atomic E-state index is 0.262. The van der Waals surface area contributed by atoms with Gasteiger partial charge >= 0.3 is 0 Å². The summed E-state index contributed by atoms with van der Waals surface area (Å²) in [6.45, 7) is 3.64. The molecule has 0 saturated heterocycles. The number of benzene rings is 2. The zero-order valence-electron chi connectivity index (χ0n) is 10.6. The highest BCUT2D eigenvalue weighted by Gasteiger charge is 2.07. The molecule has 1 N–H and O–H groups in total. The summed E-state index contributed by atoms with van der Waals surface area (Å²) in [5.41, 5.74) is 1.03. The molecular weight excluding hydrogens is 265 g/mol. The normalized spacial score (nSPS) is 10.5. The van der Waals surface area contributed by atoms with Crippen LogP contribution < -0.4 is 10.1 Å². The second-order valence-electron chi connectivity index (χ2n) is 4.06. The Kier molecular flexibility index (Phi) is 4.77. The van der Waals surface area contributed by atoms with Crippen molar-refractivity contribution >= 4 is 11.6 Å². The molecule has 0 saturated carbocycles. The maximum absolute atomic E-state index is 13.0. The highest BCUT2D eigenvalue weighted by atomic mass is 35.5. The van der Waals surface area contributed by atoms with Gasteiger partial charge in [-0.2, -0.15) is 0 Å². The summed E-state index contributed by atoms with van der Waals surface area (Å²) in [6, 6.07) is 11.8. The van der Waals surface area contributed by atoms with E-state index in [9.17, 15) is 4.39 Å². The Balaban J connectivity index is 2.22. The summed E-state index contributed by atoms with van der Waals surface area (Å²) in [7, 11) is 0. The Morgan fingerprint density at radius 2 is 1.95 bits per heavy atom. The molecule has 0 aliphatic carbocycles. The van der Waals surface area contributed by atoms with Gasteiger partial charge in [0.2, 0.25) is 0 Å². The van der Waals surface area contributed by atoms with Crippen LogP contribution in [0, 0.1) is 5.82 Å². The molecule has 2 aromatic carbocycles.